The van der Waals surface area contributed by atoms with E-state index in [4.69, 9.17) is 16.3 Å². The van der Waals surface area contributed by atoms with Crippen LogP contribution in [0.15, 0.2) is 48.5 Å². The number of ether oxygens (including phenoxy) is 1. The maximum atomic E-state index is 11.9. The molecule has 2 rings (SSSR count). The summed E-state index contributed by atoms with van der Waals surface area (Å²) >= 11 is 5.90. The van der Waals surface area contributed by atoms with Gasteiger partial charge in [0.2, 0.25) is 0 Å². The van der Waals surface area contributed by atoms with Crippen molar-refractivity contribution < 1.29 is 14.3 Å². The molecule has 3 amide bonds. The number of methoxy groups -OCH3 is 1. The summed E-state index contributed by atoms with van der Waals surface area (Å²) in [6.45, 7) is 0. The zero-order valence-corrected chi connectivity index (χ0v) is 12.0. The van der Waals surface area contributed by atoms with Gasteiger partial charge in [0.05, 0.1) is 23.4 Å². The van der Waals surface area contributed by atoms with Crippen LogP contribution in [0.4, 0.5) is 10.5 Å². The lowest BCUT2D eigenvalue weighted by Crippen LogP contribution is -2.34. The average Bonchev–Trinajstić information content (AvgIpc) is 2.48. The number of hydrogen-bond acceptors (Lipinski definition) is 3. The van der Waals surface area contributed by atoms with Crippen molar-refractivity contribution in [3.63, 3.8) is 0 Å². The minimum Gasteiger partial charge on any atom is -0.495 e. The number of carbonyl (C=O) groups is 2. The fourth-order valence-corrected chi connectivity index (χ4v) is 1.94. The Kier molecular flexibility index (Phi) is 4.79. The van der Waals surface area contributed by atoms with Crippen LogP contribution in [0.5, 0.6) is 5.75 Å². The number of rotatable bonds is 3. The Labute approximate surface area is 126 Å². The summed E-state index contributed by atoms with van der Waals surface area (Å²) in [6, 6.07) is 12.7. The summed E-state index contributed by atoms with van der Waals surface area (Å²) in [5.41, 5.74) is 0.693. The van der Waals surface area contributed by atoms with Crippen LogP contribution in [0.2, 0.25) is 5.02 Å². The Morgan fingerprint density at radius 2 is 1.71 bits per heavy atom. The van der Waals surface area contributed by atoms with Crippen molar-refractivity contribution in [2.75, 3.05) is 12.4 Å². The first-order valence-corrected chi connectivity index (χ1v) is 6.49. The third kappa shape index (κ3) is 3.73. The van der Waals surface area contributed by atoms with Crippen molar-refractivity contribution in [3.05, 3.63) is 59.1 Å². The van der Waals surface area contributed by atoms with Gasteiger partial charge in [-0.3, -0.25) is 10.1 Å². The topological polar surface area (TPSA) is 67.4 Å². The highest BCUT2D eigenvalue weighted by Crippen LogP contribution is 2.22. The minimum atomic E-state index is -0.663. The molecule has 0 bridgehead atoms. The predicted molar refractivity (Wildman–Crippen MR) is 80.9 cm³/mol. The van der Waals surface area contributed by atoms with Crippen LogP contribution in [0.1, 0.15) is 10.4 Å². The van der Waals surface area contributed by atoms with Crippen LogP contribution in [0, 0.1) is 0 Å². The van der Waals surface area contributed by atoms with Crippen LogP contribution in [-0.4, -0.2) is 19.0 Å². The fraction of sp³-hybridized carbons (Fsp3) is 0.0667. The average molecular weight is 305 g/mol. The van der Waals surface area contributed by atoms with Crippen molar-refractivity contribution >= 4 is 29.2 Å². The lowest BCUT2D eigenvalue weighted by Gasteiger charge is -2.10. The van der Waals surface area contributed by atoms with Crippen molar-refractivity contribution in [1.82, 2.24) is 5.32 Å². The number of amides is 3. The zero-order valence-electron chi connectivity index (χ0n) is 11.2. The number of nitrogens with one attached hydrogen (secondary N) is 2. The number of carbonyl (C=O) groups excluding carboxylic acids is 2. The van der Waals surface area contributed by atoms with E-state index in [0.29, 0.717) is 11.4 Å². The largest absolute Gasteiger partial charge is 0.495 e. The van der Waals surface area contributed by atoms with E-state index in [9.17, 15) is 9.59 Å². The molecule has 0 radical (unpaired) electrons. The molecule has 0 saturated carbocycles. The van der Waals surface area contributed by atoms with Gasteiger partial charge < -0.3 is 10.1 Å². The van der Waals surface area contributed by atoms with Crippen LogP contribution >= 0.6 is 11.6 Å². The Morgan fingerprint density at radius 1 is 1.05 bits per heavy atom. The highest BCUT2D eigenvalue weighted by molar-refractivity contribution is 6.34. The molecular weight excluding hydrogens is 292 g/mol. The summed E-state index contributed by atoms with van der Waals surface area (Å²) < 4.78 is 5.11. The van der Waals surface area contributed by atoms with E-state index in [2.05, 4.69) is 10.6 Å². The Morgan fingerprint density at radius 3 is 2.43 bits per heavy atom. The van der Waals surface area contributed by atoms with E-state index in [1.54, 1.807) is 42.5 Å². The van der Waals surface area contributed by atoms with Gasteiger partial charge in [-0.1, -0.05) is 35.9 Å². The molecule has 5 nitrogen and oxygen atoms in total. The van der Waals surface area contributed by atoms with Gasteiger partial charge in [0.1, 0.15) is 5.75 Å². The normalized spacial score (nSPS) is 9.81. The zero-order chi connectivity index (χ0) is 15.2. The van der Waals surface area contributed by atoms with E-state index in [-0.39, 0.29) is 10.6 Å². The van der Waals surface area contributed by atoms with Gasteiger partial charge in [-0.2, -0.15) is 0 Å². The molecule has 0 saturated heterocycles. The third-order valence-electron chi connectivity index (χ3n) is 2.70. The monoisotopic (exact) mass is 304 g/mol. The first kappa shape index (κ1) is 14.9. The van der Waals surface area contributed by atoms with Crippen LogP contribution in [-0.2, 0) is 0 Å². The quantitative estimate of drug-likeness (QED) is 0.914. The summed E-state index contributed by atoms with van der Waals surface area (Å²) in [6.07, 6.45) is 0. The van der Waals surface area contributed by atoms with E-state index >= 15 is 0 Å². The molecule has 0 aliphatic rings. The molecule has 0 heterocycles. The third-order valence-corrected chi connectivity index (χ3v) is 3.03. The molecule has 0 aromatic heterocycles. The number of benzene rings is 2. The molecular formula is C15H13ClN2O3. The smallest absolute Gasteiger partial charge is 0.326 e. The number of halogens is 1. The molecule has 2 aromatic carbocycles. The van der Waals surface area contributed by atoms with Gasteiger partial charge in [-0.05, 0) is 24.3 Å². The van der Waals surface area contributed by atoms with Crippen molar-refractivity contribution in [2.45, 2.75) is 0 Å². The van der Waals surface area contributed by atoms with Crippen LogP contribution in [0.3, 0.4) is 0 Å². The SMILES string of the molecule is COc1ccccc1NC(=O)NC(=O)c1ccccc1Cl. The second kappa shape index (κ2) is 6.76. The van der Waals surface area contributed by atoms with Crippen LogP contribution < -0.4 is 15.4 Å². The first-order valence-electron chi connectivity index (χ1n) is 6.11. The van der Waals surface area contributed by atoms with Crippen molar-refractivity contribution in [2.24, 2.45) is 0 Å². The van der Waals surface area contributed by atoms with Crippen LogP contribution in [0.25, 0.3) is 0 Å². The summed E-state index contributed by atoms with van der Waals surface area (Å²) in [5.74, 6) is -0.0779. The van der Waals surface area contributed by atoms with E-state index in [1.807, 2.05) is 0 Å². The molecule has 0 aliphatic carbocycles. The molecule has 0 fully saturated rings. The molecule has 6 heteroatoms. The Hall–Kier alpha value is -2.53. The van der Waals surface area contributed by atoms with Gasteiger partial charge in [0.25, 0.3) is 5.91 Å². The number of hydrogen-bond donors (Lipinski definition) is 2. The maximum absolute atomic E-state index is 11.9. The van der Waals surface area contributed by atoms with E-state index < -0.39 is 11.9 Å². The van der Waals surface area contributed by atoms with E-state index in [0.717, 1.165) is 0 Å². The minimum absolute atomic E-state index is 0.231. The first-order chi connectivity index (χ1) is 10.1. The standard InChI is InChI=1S/C15H13ClN2O3/c1-21-13-9-5-4-8-12(13)17-15(20)18-14(19)10-6-2-3-7-11(10)16/h2-9H,1H3,(H2,17,18,19,20). The summed E-state index contributed by atoms with van der Waals surface area (Å²) in [4.78, 5) is 23.8. The Bertz CT molecular complexity index is 673. The highest BCUT2D eigenvalue weighted by Gasteiger charge is 2.14. The van der Waals surface area contributed by atoms with Gasteiger partial charge in [-0.25, -0.2) is 4.79 Å². The van der Waals surface area contributed by atoms with Gasteiger partial charge in [-0.15, -0.1) is 0 Å². The van der Waals surface area contributed by atoms with E-state index in [1.165, 1.54) is 13.2 Å². The molecule has 108 valence electrons. The number of para-hydroxylation sites is 2. The summed E-state index contributed by atoms with van der Waals surface area (Å²) in [5, 5.41) is 5.03. The molecule has 2 N–H and O–H groups in total. The maximum Gasteiger partial charge on any atom is 0.326 e. The van der Waals surface area contributed by atoms with Crippen molar-refractivity contribution in [1.29, 1.82) is 0 Å². The molecule has 0 aliphatic heterocycles. The van der Waals surface area contributed by atoms with Gasteiger partial charge >= 0.3 is 6.03 Å². The predicted octanol–water partition coefficient (Wildman–Crippen LogP) is 3.31. The molecule has 0 atom stereocenters. The number of imide groups is 1. The molecule has 21 heavy (non-hydrogen) atoms. The van der Waals surface area contributed by atoms with Gasteiger partial charge in [0, 0.05) is 0 Å². The lowest BCUT2D eigenvalue weighted by atomic mass is 10.2. The summed E-state index contributed by atoms with van der Waals surface area (Å²) in [7, 11) is 1.49. The van der Waals surface area contributed by atoms with Gasteiger partial charge in [0.15, 0.2) is 0 Å². The number of anilines is 1. The Balaban J connectivity index is 2.05. The second-order valence-electron chi connectivity index (χ2n) is 4.09. The second-order valence-corrected chi connectivity index (χ2v) is 4.50. The lowest BCUT2D eigenvalue weighted by molar-refractivity contribution is 0.0967. The molecule has 0 unspecified atom stereocenters. The highest BCUT2D eigenvalue weighted by atomic mass is 35.5. The molecule has 2 aromatic rings. The molecule has 0 spiro atoms. The fourth-order valence-electron chi connectivity index (χ4n) is 1.72. The number of urea groups is 1. The van der Waals surface area contributed by atoms with Crippen molar-refractivity contribution in [3.8, 4) is 5.75 Å².